The van der Waals surface area contributed by atoms with Crippen LogP contribution < -0.4 is 15.4 Å². The summed E-state index contributed by atoms with van der Waals surface area (Å²) in [6.45, 7) is 2.57. The molecule has 7 nitrogen and oxygen atoms in total. The van der Waals surface area contributed by atoms with Gasteiger partial charge in [0.15, 0.2) is 0 Å². The highest BCUT2D eigenvalue weighted by Gasteiger charge is 2.32. The summed E-state index contributed by atoms with van der Waals surface area (Å²) < 4.78 is 16.0. The Bertz CT molecular complexity index is 878. The highest BCUT2D eigenvalue weighted by Crippen LogP contribution is 2.29. The number of carbonyl (C=O) groups excluding carboxylic acids is 2. The molecule has 0 spiro atoms. The summed E-state index contributed by atoms with van der Waals surface area (Å²) in [5.41, 5.74) is 2.65. The van der Waals surface area contributed by atoms with Crippen molar-refractivity contribution in [2.45, 2.75) is 19.6 Å². The van der Waals surface area contributed by atoms with E-state index in [4.69, 9.17) is 14.2 Å². The molecule has 29 heavy (non-hydrogen) atoms. The molecule has 1 heterocycles. The van der Waals surface area contributed by atoms with Crippen LogP contribution in [0.15, 0.2) is 65.9 Å². The van der Waals surface area contributed by atoms with Gasteiger partial charge in [-0.15, -0.1) is 0 Å². The molecule has 0 aromatic heterocycles. The van der Waals surface area contributed by atoms with E-state index in [9.17, 15) is 9.59 Å². The number of nitrogens with one attached hydrogen (secondary N) is 2. The van der Waals surface area contributed by atoms with Crippen molar-refractivity contribution in [1.29, 1.82) is 0 Å². The molecule has 2 aromatic rings. The number of benzene rings is 2. The highest BCUT2D eigenvalue weighted by molar-refractivity contribution is 5.95. The van der Waals surface area contributed by atoms with E-state index in [0.29, 0.717) is 30.2 Å². The Kier molecular flexibility index (Phi) is 6.86. The molecular formula is C22H24N2O5. The number of hydrogen-bond donors (Lipinski definition) is 2. The maximum absolute atomic E-state index is 12.5. The number of urea groups is 1. The molecule has 0 radical (unpaired) electrons. The Hall–Kier alpha value is -3.32. The van der Waals surface area contributed by atoms with Gasteiger partial charge < -0.3 is 24.8 Å². The molecule has 0 bridgehead atoms. The van der Waals surface area contributed by atoms with Crippen molar-refractivity contribution in [3.05, 3.63) is 77.0 Å². The third-order valence-corrected chi connectivity index (χ3v) is 4.47. The summed E-state index contributed by atoms with van der Waals surface area (Å²) in [4.78, 5) is 24.5. The molecular weight excluding hydrogens is 372 g/mol. The van der Waals surface area contributed by atoms with Crippen molar-refractivity contribution in [1.82, 2.24) is 10.6 Å². The van der Waals surface area contributed by atoms with E-state index in [2.05, 4.69) is 10.6 Å². The van der Waals surface area contributed by atoms with Gasteiger partial charge in [0.1, 0.15) is 19.0 Å². The lowest BCUT2D eigenvalue weighted by atomic mass is 9.95. The second-order valence-electron chi connectivity index (χ2n) is 6.54. The van der Waals surface area contributed by atoms with Crippen LogP contribution >= 0.6 is 0 Å². The Balaban J connectivity index is 1.73. The lowest BCUT2D eigenvalue weighted by Gasteiger charge is -2.28. The van der Waals surface area contributed by atoms with Crippen molar-refractivity contribution in [2.24, 2.45) is 0 Å². The maximum atomic E-state index is 12.5. The minimum atomic E-state index is -0.609. The second-order valence-corrected chi connectivity index (χ2v) is 6.54. The molecule has 7 heteroatoms. The molecule has 1 aliphatic heterocycles. The van der Waals surface area contributed by atoms with Crippen LogP contribution in [0.2, 0.25) is 0 Å². The van der Waals surface area contributed by atoms with Crippen LogP contribution in [0.5, 0.6) is 5.75 Å². The van der Waals surface area contributed by atoms with Gasteiger partial charge in [-0.3, -0.25) is 0 Å². The van der Waals surface area contributed by atoms with Gasteiger partial charge in [-0.05, 0) is 30.2 Å². The van der Waals surface area contributed by atoms with Crippen LogP contribution in [0.3, 0.4) is 0 Å². The molecule has 3 rings (SSSR count). The molecule has 0 aliphatic carbocycles. The van der Waals surface area contributed by atoms with Crippen molar-refractivity contribution in [2.75, 3.05) is 20.3 Å². The maximum Gasteiger partial charge on any atom is 0.338 e. The van der Waals surface area contributed by atoms with Crippen LogP contribution in [-0.2, 0) is 20.9 Å². The molecule has 1 atom stereocenters. The molecule has 0 saturated heterocycles. The van der Waals surface area contributed by atoms with Gasteiger partial charge in [0.25, 0.3) is 0 Å². The fourth-order valence-electron chi connectivity index (χ4n) is 3.01. The topological polar surface area (TPSA) is 85.9 Å². The lowest BCUT2D eigenvalue weighted by molar-refractivity contribution is -0.140. The minimum absolute atomic E-state index is 0.138. The third-order valence-electron chi connectivity index (χ3n) is 4.47. The number of allylic oxidation sites excluding steroid dienone is 1. The molecule has 0 saturated carbocycles. The minimum Gasteiger partial charge on any atom is -0.489 e. The van der Waals surface area contributed by atoms with Gasteiger partial charge in [-0.1, -0.05) is 42.5 Å². The second kappa shape index (κ2) is 9.75. The van der Waals surface area contributed by atoms with E-state index in [-0.39, 0.29) is 12.6 Å². The molecule has 1 unspecified atom stereocenters. The molecule has 152 valence electrons. The van der Waals surface area contributed by atoms with E-state index in [1.807, 2.05) is 54.6 Å². The van der Waals surface area contributed by atoms with Crippen molar-refractivity contribution >= 4 is 12.0 Å². The normalized spacial score (nSPS) is 16.1. The number of methoxy groups -OCH3 is 1. The summed E-state index contributed by atoms with van der Waals surface area (Å²) in [6.07, 6.45) is 0. The number of hydrogen-bond acceptors (Lipinski definition) is 5. The van der Waals surface area contributed by atoms with Gasteiger partial charge in [-0.2, -0.15) is 0 Å². The summed E-state index contributed by atoms with van der Waals surface area (Å²) >= 11 is 0. The van der Waals surface area contributed by atoms with E-state index in [1.54, 1.807) is 6.92 Å². The van der Waals surface area contributed by atoms with Crippen LogP contribution in [0.25, 0.3) is 0 Å². The number of rotatable bonds is 8. The SMILES string of the molecule is COCCOC(=O)C1=C(C)NC(=O)NC1c1ccc(OCc2ccccc2)cc1. The predicted octanol–water partition coefficient (Wildman–Crippen LogP) is 3.08. The lowest BCUT2D eigenvalue weighted by Crippen LogP contribution is -2.45. The van der Waals surface area contributed by atoms with Gasteiger partial charge in [0.2, 0.25) is 0 Å². The van der Waals surface area contributed by atoms with Crippen LogP contribution in [-0.4, -0.2) is 32.3 Å². The fraction of sp³-hybridized carbons (Fsp3) is 0.273. The van der Waals surface area contributed by atoms with Crippen molar-refractivity contribution < 1.29 is 23.8 Å². The molecule has 2 N–H and O–H groups in total. The summed E-state index contributed by atoms with van der Waals surface area (Å²) in [6, 6.07) is 16.2. The first-order chi connectivity index (χ1) is 14.1. The summed E-state index contributed by atoms with van der Waals surface area (Å²) in [7, 11) is 1.53. The zero-order chi connectivity index (χ0) is 20.6. The Morgan fingerprint density at radius 3 is 2.45 bits per heavy atom. The summed E-state index contributed by atoms with van der Waals surface area (Å²) in [5.74, 6) is 0.198. The standard InChI is InChI=1S/C22H24N2O5/c1-15-19(21(25)28-13-12-27-2)20(24-22(26)23-15)17-8-10-18(11-9-17)29-14-16-6-4-3-5-7-16/h3-11,20H,12-14H2,1-2H3,(H2,23,24,26). The van der Waals surface area contributed by atoms with Crippen LogP contribution in [0, 0.1) is 0 Å². The van der Waals surface area contributed by atoms with E-state index >= 15 is 0 Å². The van der Waals surface area contributed by atoms with E-state index in [0.717, 1.165) is 11.1 Å². The molecule has 2 amide bonds. The number of esters is 1. The smallest absolute Gasteiger partial charge is 0.338 e. The average Bonchev–Trinajstić information content (AvgIpc) is 2.73. The number of carbonyl (C=O) groups is 2. The first kappa shape index (κ1) is 20.4. The number of ether oxygens (including phenoxy) is 3. The van der Waals surface area contributed by atoms with E-state index in [1.165, 1.54) is 7.11 Å². The van der Waals surface area contributed by atoms with Gasteiger partial charge in [-0.25, -0.2) is 9.59 Å². The molecule has 1 aliphatic rings. The van der Waals surface area contributed by atoms with Crippen molar-refractivity contribution in [3.63, 3.8) is 0 Å². The fourth-order valence-corrected chi connectivity index (χ4v) is 3.01. The quantitative estimate of drug-likeness (QED) is 0.529. The van der Waals surface area contributed by atoms with Gasteiger partial charge >= 0.3 is 12.0 Å². The zero-order valence-electron chi connectivity index (χ0n) is 16.4. The zero-order valence-corrected chi connectivity index (χ0v) is 16.4. The first-order valence-electron chi connectivity index (χ1n) is 9.29. The highest BCUT2D eigenvalue weighted by atomic mass is 16.6. The Morgan fingerprint density at radius 2 is 1.76 bits per heavy atom. The average molecular weight is 396 g/mol. The third kappa shape index (κ3) is 5.36. The number of amides is 2. The summed E-state index contributed by atoms with van der Waals surface area (Å²) in [5, 5.41) is 5.40. The molecule has 0 fully saturated rings. The van der Waals surface area contributed by atoms with Gasteiger partial charge in [0, 0.05) is 12.8 Å². The largest absolute Gasteiger partial charge is 0.489 e. The monoisotopic (exact) mass is 396 g/mol. The van der Waals surface area contributed by atoms with Crippen LogP contribution in [0.4, 0.5) is 4.79 Å². The molecule has 2 aromatic carbocycles. The predicted molar refractivity (Wildman–Crippen MR) is 107 cm³/mol. The Labute approximate surface area is 169 Å². The van der Waals surface area contributed by atoms with Crippen LogP contribution in [0.1, 0.15) is 24.1 Å². The Morgan fingerprint density at radius 1 is 1.03 bits per heavy atom. The van der Waals surface area contributed by atoms with Crippen molar-refractivity contribution in [3.8, 4) is 5.75 Å². The van der Waals surface area contributed by atoms with E-state index < -0.39 is 12.0 Å². The van der Waals surface area contributed by atoms with Gasteiger partial charge in [0.05, 0.1) is 18.2 Å². The first-order valence-corrected chi connectivity index (χ1v) is 9.29.